The molecule has 0 aromatic heterocycles. The van der Waals surface area contributed by atoms with E-state index in [9.17, 15) is 13.2 Å². The molecular weight excluding hydrogens is 261 g/mol. The average molecular weight is 278 g/mol. The Bertz CT molecular complexity index is 388. The summed E-state index contributed by atoms with van der Waals surface area (Å²) in [5.41, 5.74) is 2.97. The van der Waals surface area contributed by atoms with Crippen LogP contribution in [-0.2, 0) is 0 Å². The van der Waals surface area contributed by atoms with Gasteiger partial charge in [0.1, 0.15) is 11.5 Å². The number of halogens is 3. The van der Waals surface area contributed by atoms with Crippen molar-refractivity contribution in [2.45, 2.75) is 25.1 Å². The number of benzene rings is 1. The van der Waals surface area contributed by atoms with Crippen molar-refractivity contribution in [3.63, 3.8) is 0 Å². The average Bonchev–Trinajstić information content (AvgIpc) is 2.37. The zero-order chi connectivity index (χ0) is 14.5. The van der Waals surface area contributed by atoms with Gasteiger partial charge in [-0.15, -0.1) is 0 Å². The number of hydrazine groups is 1. The molecule has 0 radical (unpaired) electrons. The molecular formula is C12H17F3N2O2. The van der Waals surface area contributed by atoms with Crippen LogP contribution in [0.5, 0.6) is 11.5 Å². The number of rotatable bonds is 6. The van der Waals surface area contributed by atoms with Crippen molar-refractivity contribution in [2.24, 2.45) is 5.84 Å². The van der Waals surface area contributed by atoms with Crippen molar-refractivity contribution in [3.8, 4) is 11.5 Å². The third-order valence-electron chi connectivity index (χ3n) is 2.69. The smallest absolute Gasteiger partial charge is 0.389 e. The van der Waals surface area contributed by atoms with Gasteiger partial charge in [0, 0.05) is 18.5 Å². The summed E-state index contributed by atoms with van der Waals surface area (Å²) in [4.78, 5) is 0. The zero-order valence-corrected chi connectivity index (χ0v) is 10.8. The fraction of sp³-hybridized carbons (Fsp3) is 0.500. The molecule has 1 rings (SSSR count). The molecule has 3 N–H and O–H groups in total. The molecule has 0 bridgehead atoms. The lowest BCUT2D eigenvalue weighted by Gasteiger charge is -2.19. The summed E-state index contributed by atoms with van der Waals surface area (Å²) >= 11 is 0. The molecule has 0 aliphatic rings. The summed E-state index contributed by atoms with van der Waals surface area (Å²) in [7, 11) is 2.94. The number of ether oxygens (including phenoxy) is 2. The van der Waals surface area contributed by atoms with E-state index in [-0.39, 0.29) is 6.42 Å². The molecule has 0 amide bonds. The van der Waals surface area contributed by atoms with Crippen LogP contribution < -0.4 is 20.7 Å². The highest BCUT2D eigenvalue weighted by atomic mass is 19.4. The minimum atomic E-state index is -4.21. The second-order valence-corrected chi connectivity index (χ2v) is 4.02. The number of hydrogen-bond donors (Lipinski definition) is 2. The van der Waals surface area contributed by atoms with Gasteiger partial charge in [0.15, 0.2) is 0 Å². The first-order valence-corrected chi connectivity index (χ1v) is 5.65. The molecule has 0 saturated heterocycles. The molecule has 4 nitrogen and oxygen atoms in total. The van der Waals surface area contributed by atoms with E-state index in [1.165, 1.54) is 14.2 Å². The molecule has 1 aromatic carbocycles. The number of methoxy groups -OCH3 is 2. The van der Waals surface area contributed by atoms with Crippen LogP contribution in [0.25, 0.3) is 0 Å². The van der Waals surface area contributed by atoms with Crippen molar-refractivity contribution >= 4 is 0 Å². The topological polar surface area (TPSA) is 56.5 Å². The summed E-state index contributed by atoms with van der Waals surface area (Å²) in [5, 5.41) is 0. The van der Waals surface area contributed by atoms with Gasteiger partial charge < -0.3 is 9.47 Å². The zero-order valence-electron chi connectivity index (χ0n) is 10.8. The number of hydrogen-bond acceptors (Lipinski definition) is 4. The molecule has 1 atom stereocenters. The van der Waals surface area contributed by atoms with Gasteiger partial charge in [-0.3, -0.25) is 11.3 Å². The largest absolute Gasteiger partial charge is 0.497 e. The Morgan fingerprint density at radius 1 is 1.16 bits per heavy atom. The summed E-state index contributed by atoms with van der Waals surface area (Å²) < 4.78 is 46.9. The van der Waals surface area contributed by atoms with Gasteiger partial charge >= 0.3 is 6.18 Å². The normalized spacial score (nSPS) is 13.2. The molecule has 7 heteroatoms. The fourth-order valence-corrected chi connectivity index (χ4v) is 1.68. The number of nitrogens with one attached hydrogen (secondary N) is 1. The Morgan fingerprint density at radius 3 is 2.05 bits per heavy atom. The highest BCUT2D eigenvalue weighted by Crippen LogP contribution is 2.31. The van der Waals surface area contributed by atoms with E-state index in [2.05, 4.69) is 5.43 Å². The second kappa shape index (κ2) is 6.63. The number of alkyl halides is 3. The van der Waals surface area contributed by atoms with Crippen molar-refractivity contribution in [1.29, 1.82) is 0 Å². The Morgan fingerprint density at radius 2 is 1.68 bits per heavy atom. The van der Waals surface area contributed by atoms with Crippen molar-refractivity contribution in [2.75, 3.05) is 14.2 Å². The summed E-state index contributed by atoms with van der Waals surface area (Å²) in [5.74, 6) is 6.32. The van der Waals surface area contributed by atoms with Gasteiger partial charge in [-0.1, -0.05) is 0 Å². The van der Waals surface area contributed by atoms with E-state index in [0.717, 1.165) is 0 Å². The monoisotopic (exact) mass is 278 g/mol. The van der Waals surface area contributed by atoms with E-state index in [1.807, 2.05) is 0 Å². The SMILES string of the molecule is COc1cc(OC)cc(C(CCC(F)(F)F)NN)c1. The van der Waals surface area contributed by atoms with Gasteiger partial charge in [-0.2, -0.15) is 13.2 Å². The van der Waals surface area contributed by atoms with Crippen molar-refractivity contribution < 1.29 is 22.6 Å². The maximum Gasteiger partial charge on any atom is 0.389 e. The van der Waals surface area contributed by atoms with Crippen LogP contribution in [-0.4, -0.2) is 20.4 Å². The Balaban J connectivity index is 2.90. The quantitative estimate of drug-likeness (QED) is 0.620. The molecule has 19 heavy (non-hydrogen) atoms. The van der Waals surface area contributed by atoms with E-state index >= 15 is 0 Å². The van der Waals surface area contributed by atoms with Gasteiger partial charge in [0.05, 0.1) is 14.2 Å². The molecule has 0 spiro atoms. The standard InChI is InChI=1S/C12H17F3N2O2/c1-18-9-5-8(6-10(7-9)19-2)11(17-16)3-4-12(13,14)15/h5-7,11,17H,3-4,16H2,1-2H3. The predicted octanol–water partition coefficient (Wildman–Crippen LogP) is 2.55. The molecule has 0 aliphatic heterocycles. The highest BCUT2D eigenvalue weighted by molar-refractivity contribution is 5.39. The van der Waals surface area contributed by atoms with Crippen LogP contribution in [0.1, 0.15) is 24.4 Å². The lowest BCUT2D eigenvalue weighted by Crippen LogP contribution is -2.29. The lowest BCUT2D eigenvalue weighted by atomic mass is 10.0. The van der Waals surface area contributed by atoms with Crippen LogP contribution in [0.15, 0.2) is 18.2 Å². The number of nitrogens with two attached hydrogens (primary N) is 1. The molecule has 0 saturated carbocycles. The van der Waals surface area contributed by atoms with Crippen LogP contribution in [0.3, 0.4) is 0 Å². The van der Waals surface area contributed by atoms with Crippen molar-refractivity contribution in [3.05, 3.63) is 23.8 Å². The second-order valence-electron chi connectivity index (χ2n) is 4.02. The predicted molar refractivity (Wildman–Crippen MR) is 64.9 cm³/mol. The van der Waals surface area contributed by atoms with Gasteiger partial charge in [-0.05, 0) is 24.1 Å². The summed E-state index contributed by atoms with van der Waals surface area (Å²) in [6.07, 6.45) is -5.28. The molecule has 1 aromatic rings. The third-order valence-corrected chi connectivity index (χ3v) is 2.69. The maximum atomic E-state index is 12.2. The van der Waals surface area contributed by atoms with E-state index < -0.39 is 18.6 Å². The summed E-state index contributed by atoms with van der Waals surface area (Å²) in [6.45, 7) is 0. The van der Waals surface area contributed by atoms with Gasteiger partial charge in [0.2, 0.25) is 0 Å². The third kappa shape index (κ3) is 4.96. The van der Waals surface area contributed by atoms with Crippen LogP contribution in [0.2, 0.25) is 0 Å². The molecule has 108 valence electrons. The van der Waals surface area contributed by atoms with E-state index in [1.54, 1.807) is 18.2 Å². The van der Waals surface area contributed by atoms with E-state index in [4.69, 9.17) is 15.3 Å². The van der Waals surface area contributed by atoms with Crippen LogP contribution in [0.4, 0.5) is 13.2 Å². The Hall–Kier alpha value is -1.47. The molecule has 0 aliphatic carbocycles. The first-order valence-electron chi connectivity index (χ1n) is 5.65. The first kappa shape index (κ1) is 15.6. The van der Waals surface area contributed by atoms with E-state index in [0.29, 0.717) is 17.1 Å². The van der Waals surface area contributed by atoms with Crippen molar-refractivity contribution in [1.82, 2.24) is 5.43 Å². The Kier molecular flexibility index (Phi) is 5.44. The maximum absolute atomic E-state index is 12.2. The fourth-order valence-electron chi connectivity index (χ4n) is 1.68. The van der Waals surface area contributed by atoms with Gasteiger partial charge in [-0.25, -0.2) is 0 Å². The lowest BCUT2D eigenvalue weighted by molar-refractivity contribution is -0.136. The minimum Gasteiger partial charge on any atom is -0.497 e. The minimum absolute atomic E-state index is 0.156. The highest BCUT2D eigenvalue weighted by Gasteiger charge is 2.28. The first-order chi connectivity index (χ1) is 8.89. The molecule has 0 fully saturated rings. The molecule has 0 heterocycles. The summed E-state index contributed by atoms with van der Waals surface area (Å²) in [6, 6.07) is 4.28. The van der Waals surface area contributed by atoms with Gasteiger partial charge in [0.25, 0.3) is 0 Å². The molecule has 1 unspecified atom stereocenters. The Labute approximate surface area is 109 Å². The van der Waals surface area contributed by atoms with Crippen LogP contribution in [0, 0.1) is 0 Å². The van der Waals surface area contributed by atoms with Crippen LogP contribution >= 0.6 is 0 Å².